The summed E-state index contributed by atoms with van der Waals surface area (Å²) in [5.74, 6) is -0.221. The summed E-state index contributed by atoms with van der Waals surface area (Å²) in [6.07, 6.45) is 2.77. The number of urea groups is 1. The van der Waals surface area contributed by atoms with E-state index in [1.807, 2.05) is 6.92 Å². The first-order chi connectivity index (χ1) is 8.63. The van der Waals surface area contributed by atoms with Crippen molar-refractivity contribution in [3.05, 3.63) is 35.1 Å². The summed E-state index contributed by atoms with van der Waals surface area (Å²) in [5.41, 5.74) is 1.98. The summed E-state index contributed by atoms with van der Waals surface area (Å²) < 4.78 is 12.9. The van der Waals surface area contributed by atoms with E-state index in [2.05, 4.69) is 17.6 Å². The molecule has 0 aliphatic heterocycles. The maximum absolute atomic E-state index is 12.9. The van der Waals surface area contributed by atoms with Crippen molar-refractivity contribution in [2.75, 3.05) is 13.1 Å². The van der Waals surface area contributed by atoms with Crippen LogP contribution in [0.1, 0.15) is 30.9 Å². The Bertz CT molecular complexity index is 393. The molecule has 0 heterocycles. The van der Waals surface area contributed by atoms with Gasteiger partial charge in [0.2, 0.25) is 0 Å². The van der Waals surface area contributed by atoms with Crippen molar-refractivity contribution < 1.29 is 9.18 Å². The molecule has 3 nitrogen and oxygen atoms in total. The van der Waals surface area contributed by atoms with Crippen LogP contribution in [0.25, 0.3) is 0 Å². The lowest BCUT2D eigenvalue weighted by molar-refractivity contribution is 0.241. The molecule has 1 rings (SSSR count). The number of amides is 2. The quantitative estimate of drug-likeness (QED) is 0.751. The predicted octanol–water partition coefficient (Wildman–Crippen LogP) is 2.78. The van der Waals surface area contributed by atoms with E-state index in [0.717, 1.165) is 24.0 Å². The van der Waals surface area contributed by atoms with Crippen LogP contribution in [0, 0.1) is 12.7 Å². The van der Waals surface area contributed by atoms with Gasteiger partial charge in [-0.1, -0.05) is 19.4 Å². The van der Waals surface area contributed by atoms with Crippen molar-refractivity contribution in [2.24, 2.45) is 0 Å². The zero-order valence-corrected chi connectivity index (χ0v) is 11.1. The molecule has 0 saturated carbocycles. The Balaban J connectivity index is 2.26. The highest BCUT2D eigenvalue weighted by Crippen LogP contribution is 2.10. The number of nitrogens with one attached hydrogen (secondary N) is 2. The van der Waals surface area contributed by atoms with Gasteiger partial charge in [-0.3, -0.25) is 0 Å². The Morgan fingerprint density at radius 3 is 2.67 bits per heavy atom. The summed E-state index contributed by atoms with van der Waals surface area (Å²) in [4.78, 5) is 11.4. The van der Waals surface area contributed by atoms with Gasteiger partial charge in [-0.25, -0.2) is 9.18 Å². The normalized spacial score (nSPS) is 10.2. The Kier molecular flexibility index (Phi) is 6.19. The summed E-state index contributed by atoms with van der Waals surface area (Å²) in [7, 11) is 0. The molecule has 2 amide bonds. The van der Waals surface area contributed by atoms with Crippen molar-refractivity contribution in [2.45, 2.75) is 33.1 Å². The van der Waals surface area contributed by atoms with Crippen molar-refractivity contribution in [3.8, 4) is 0 Å². The number of benzene rings is 1. The average Bonchev–Trinajstić information content (AvgIpc) is 2.32. The van der Waals surface area contributed by atoms with Crippen molar-refractivity contribution in [1.29, 1.82) is 0 Å². The molecule has 1 aromatic carbocycles. The van der Waals surface area contributed by atoms with Gasteiger partial charge in [0.15, 0.2) is 0 Å². The third-order valence-electron chi connectivity index (χ3n) is 2.80. The summed E-state index contributed by atoms with van der Waals surface area (Å²) >= 11 is 0. The third kappa shape index (κ3) is 5.17. The van der Waals surface area contributed by atoms with Crippen LogP contribution in [-0.2, 0) is 6.42 Å². The SMILES string of the molecule is CCCCNC(=O)NCCc1ccc(F)cc1C. The van der Waals surface area contributed by atoms with Gasteiger partial charge in [0, 0.05) is 13.1 Å². The average molecular weight is 252 g/mol. The predicted molar refractivity (Wildman–Crippen MR) is 71.2 cm³/mol. The molecule has 18 heavy (non-hydrogen) atoms. The van der Waals surface area contributed by atoms with Crippen LogP contribution in [0.4, 0.5) is 9.18 Å². The molecule has 0 aliphatic rings. The molecule has 0 radical (unpaired) electrons. The first-order valence-corrected chi connectivity index (χ1v) is 6.40. The van der Waals surface area contributed by atoms with Crippen molar-refractivity contribution in [3.63, 3.8) is 0 Å². The highest BCUT2D eigenvalue weighted by Gasteiger charge is 2.02. The molecule has 0 atom stereocenters. The van der Waals surface area contributed by atoms with E-state index in [4.69, 9.17) is 0 Å². The first kappa shape index (κ1) is 14.5. The Morgan fingerprint density at radius 1 is 1.28 bits per heavy atom. The topological polar surface area (TPSA) is 41.1 Å². The largest absolute Gasteiger partial charge is 0.338 e. The zero-order chi connectivity index (χ0) is 13.4. The van der Waals surface area contributed by atoms with Gasteiger partial charge in [0.25, 0.3) is 0 Å². The monoisotopic (exact) mass is 252 g/mol. The van der Waals surface area contributed by atoms with E-state index in [1.165, 1.54) is 12.1 Å². The van der Waals surface area contributed by atoms with Crippen LogP contribution in [0.2, 0.25) is 0 Å². The lowest BCUT2D eigenvalue weighted by Crippen LogP contribution is -2.37. The highest BCUT2D eigenvalue weighted by atomic mass is 19.1. The minimum Gasteiger partial charge on any atom is -0.338 e. The Hall–Kier alpha value is -1.58. The maximum atomic E-state index is 12.9. The molecule has 4 heteroatoms. The van der Waals surface area contributed by atoms with Crippen LogP contribution in [-0.4, -0.2) is 19.1 Å². The summed E-state index contributed by atoms with van der Waals surface area (Å²) in [6.45, 7) is 5.22. The van der Waals surface area contributed by atoms with Gasteiger partial charge in [-0.2, -0.15) is 0 Å². The molecular formula is C14H21FN2O. The Morgan fingerprint density at radius 2 is 2.00 bits per heavy atom. The number of hydrogen-bond acceptors (Lipinski definition) is 1. The molecule has 0 bridgehead atoms. The number of rotatable bonds is 6. The van der Waals surface area contributed by atoms with E-state index >= 15 is 0 Å². The number of halogens is 1. The summed E-state index contributed by atoms with van der Waals surface area (Å²) in [5, 5.41) is 5.57. The second-order valence-corrected chi connectivity index (χ2v) is 4.36. The highest BCUT2D eigenvalue weighted by molar-refractivity contribution is 5.73. The molecule has 2 N–H and O–H groups in total. The minimum atomic E-state index is -0.221. The van der Waals surface area contributed by atoms with Crippen LogP contribution >= 0.6 is 0 Å². The van der Waals surface area contributed by atoms with Gasteiger partial charge >= 0.3 is 6.03 Å². The molecule has 0 spiro atoms. The molecule has 0 aliphatic carbocycles. The van der Waals surface area contributed by atoms with Gasteiger partial charge in [0.05, 0.1) is 0 Å². The van der Waals surface area contributed by atoms with E-state index < -0.39 is 0 Å². The molecule has 0 aromatic heterocycles. The molecule has 0 unspecified atom stereocenters. The molecule has 0 saturated heterocycles. The number of unbranched alkanes of at least 4 members (excludes halogenated alkanes) is 1. The standard InChI is InChI=1S/C14H21FN2O/c1-3-4-8-16-14(18)17-9-7-12-5-6-13(15)10-11(12)2/h5-6,10H,3-4,7-9H2,1-2H3,(H2,16,17,18). The fourth-order valence-corrected chi connectivity index (χ4v) is 1.69. The van der Waals surface area contributed by atoms with Crippen LogP contribution < -0.4 is 10.6 Å². The second-order valence-electron chi connectivity index (χ2n) is 4.36. The van der Waals surface area contributed by atoms with Crippen molar-refractivity contribution >= 4 is 6.03 Å². The van der Waals surface area contributed by atoms with Gasteiger partial charge in [-0.15, -0.1) is 0 Å². The molecule has 100 valence electrons. The fourth-order valence-electron chi connectivity index (χ4n) is 1.69. The number of carbonyl (C=O) groups excluding carboxylic acids is 1. The van der Waals surface area contributed by atoms with Gasteiger partial charge < -0.3 is 10.6 Å². The van der Waals surface area contributed by atoms with Crippen LogP contribution in [0.3, 0.4) is 0 Å². The van der Waals surface area contributed by atoms with Gasteiger partial charge in [-0.05, 0) is 43.0 Å². The lowest BCUT2D eigenvalue weighted by atomic mass is 10.1. The second kappa shape index (κ2) is 7.69. The van der Waals surface area contributed by atoms with E-state index in [1.54, 1.807) is 6.07 Å². The van der Waals surface area contributed by atoms with E-state index in [9.17, 15) is 9.18 Å². The van der Waals surface area contributed by atoms with Crippen LogP contribution in [0.5, 0.6) is 0 Å². The van der Waals surface area contributed by atoms with Crippen molar-refractivity contribution in [1.82, 2.24) is 10.6 Å². The summed E-state index contributed by atoms with van der Waals surface area (Å²) in [6, 6.07) is 4.59. The Labute approximate surface area is 108 Å². The fraction of sp³-hybridized carbons (Fsp3) is 0.500. The molecular weight excluding hydrogens is 231 g/mol. The third-order valence-corrected chi connectivity index (χ3v) is 2.80. The van der Waals surface area contributed by atoms with E-state index in [-0.39, 0.29) is 11.8 Å². The molecule has 0 fully saturated rings. The first-order valence-electron chi connectivity index (χ1n) is 6.40. The lowest BCUT2D eigenvalue weighted by Gasteiger charge is -2.08. The molecule has 1 aromatic rings. The van der Waals surface area contributed by atoms with Crippen LogP contribution in [0.15, 0.2) is 18.2 Å². The minimum absolute atomic E-state index is 0.136. The van der Waals surface area contributed by atoms with E-state index in [0.29, 0.717) is 19.5 Å². The smallest absolute Gasteiger partial charge is 0.314 e. The number of aryl methyl sites for hydroxylation is 1. The number of hydrogen-bond donors (Lipinski definition) is 2. The zero-order valence-electron chi connectivity index (χ0n) is 11.1. The maximum Gasteiger partial charge on any atom is 0.314 e. The van der Waals surface area contributed by atoms with Gasteiger partial charge in [0.1, 0.15) is 5.82 Å². The number of carbonyl (C=O) groups is 1.